The van der Waals surface area contributed by atoms with Gasteiger partial charge in [-0.3, -0.25) is 4.68 Å². The molecule has 1 N–H and O–H groups in total. The summed E-state index contributed by atoms with van der Waals surface area (Å²) in [5.74, 6) is 0.800. The molecule has 21 heavy (non-hydrogen) atoms. The molecule has 0 bridgehead atoms. The van der Waals surface area contributed by atoms with Gasteiger partial charge in [0.2, 0.25) is 0 Å². The lowest BCUT2D eigenvalue weighted by Crippen LogP contribution is -2.28. The van der Waals surface area contributed by atoms with Crippen molar-refractivity contribution < 1.29 is 4.74 Å². The number of benzene rings is 1. The van der Waals surface area contributed by atoms with Crippen molar-refractivity contribution in [3.8, 4) is 0 Å². The van der Waals surface area contributed by atoms with Gasteiger partial charge in [0.05, 0.1) is 18.2 Å². The standard InChI is InChI=1S/C16H24N4O/c1-12(2)21-15(14-8-6-5-7-9-14)10-17-13(3)16-18-11-20(4)19-16/h5-9,11-13,15,17H,10H2,1-4H3. The van der Waals surface area contributed by atoms with Crippen LogP contribution in [0.3, 0.4) is 0 Å². The molecule has 0 aliphatic carbocycles. The molecule has 0 amide bonds. The summed E-state index contributed by atoms with van der Waals surface area (Å²) in [6.45, 7) is 6.90. The second kappa shape index (κ2) is 7.33. The van der Waals surface area contributed by atoms with Gasteiger partial charge in [-0.05, 0) is 26.3 Å². The van der Waals surface area contributed by atoms with Crippen LogP contribution in [0.2, 0.25) is 0 Å². The Balaban J connectivity index is 1.99. The number of ether oxygens (including phenoxy) is 1. The number of aromatic nitrogens is 3. The van der Waals surface area contributed by atoms with Crippen LogP contribution in [0.5, 0.6) is 0 Å². The normalized spacial score (nSPS) is 14.3. The molecular weight excluding hydrogens is 264 g/mol. The third kappa shape index (κ3) is 4.65. The first-order chi connectivity index (χ1) is 10.1. The topological polar surface area (TPSA) is 52.0 Å². The molecule has 0 radical (unpaired) electrons. The molecule has 2 unspecified atom stereocenters. The molecule has 2 atom stereocenters. The summed E-state index contributed by atoms with van der Waals surface area (Å²) in [5.41, 5.74) is 1.18. The van der Waals surface area contributed by atoms with Crippen molar-refractivity contribution in [3.63, 3.8) is 0 Å². The van der Waals surface area contributed by atoms with Gasteiger partial charge in [-0.1, -0.05) is 30.3 Å². The van der Waals surface area contributed by atoms with E-state index in [1.54, 1.807) is 11.0 Å². The van der Waals surface area contributed by atoms with E-state index < -0.39 is 0 Å². The van der Waals surface area contributed by atoms with Crippen molar-refractivity contribution in [2.45, 2.75) is 39.0 Å². The van der Waals surface area contributed by atoms with E-state index in [1.165, 1.54) is 5.56 Å². The maximum Gasteiger partial charge on any atom is 0.167 e. The van der Waals surface area contributed by atoms with Gasteiger partial charge in [0.15, 0.2) is 5.82 Å². The monoisotopic (exact) mass is 288 g/mol. The van der Waals surface area contributed by atoms with Crippen LogP contribution in [0.25, 0.3) is 0 Å². The highest BCUT2D eigenvalue weighted by atomic mass is 16.5. The fraction of sp³-hybridized carbons (Fsp3) is 0.500. The van der Waals surface area contributed by atoms with Crippen molar-refractivity contribution in [2.75, 3.05) is 6.54 Å². The lowest BCUT2D eigenvalue weighted by molar-refractivity contribution is 0.00578. The van der Waals surface area contributed by atoms with Gasteiger partial charge in [-0.25, -0.2) is 4.98 Å². The van der Waals surface area contributed by atoms with Crippen molar-refractivity contribution in [1.29, 1.82) is 0 Å². The summed E-state index contributed by atoms with van der Waals surface area (Å²) in [6.07, 6.45) is 1.92. The van der Waals surface area contributed by atoms with Gasteiger partial charge in [0.1, 0.15) is 6.33 Å². The summed E-state index contributed by atoms with van der Waals surface area (Å²) in [6, 6.07) is 10.4. The molecule has 2 aromatic rings. The van der Waals surface area contributed by atoms with E-state index in [9.17, 15) is 0 Å². The number of aryl methyl sites for hydroxylation is 1. The third-order valence-corrected chi connectivity index (χ3v) is 3.22. The second-order valence-electron chi connectivity index (χ2n) is 5.49. The average molecular weight is 288 g/mol. The van der Waals surface area contributed by atoms with E-state index in [-0.39, 0.29) is 18.2 Å². The SMILES string of the molecule is CC(C)OC(CNC(C)c1ncn(C)n1)c1ccccc1. The number of nitrogens with zero attached hydrogens (tertiary/aromatic N) is 3. The lowest BCUT2D eigenvalue weighted by atomic mass is 10.1. The smallest absolute Gasteiger partial charge is 0.167 e. The zero-order valence-electron chi connectivity index (χ0n) is 13.2. The van der Waals surface area contributed by atoms with E-state index in [2.05, 4.69) is 48.3 Å². The Morgan fingerprint density at radius 1 is 1.19 bits per heavy atom. The van der Waals surface area contributed by atoms with Crippen molar-refractivity contribution in [1.82, 2.24) is 20.1 Å². The zero-order valence-corrected chi connectivity index (χ0v) is 13.2. The molecular formula is C16H24N4O. The average Bonchev–Trinajstić information content (AvgIpc) is 2.90. The first-order valence-electron chi connectivity index (χ1n) is 7.35. The predicted octanol–water partition coefficient (Wildman–Crippen LogP) is 2.63. The van der Waals surface area contributed by atoms with Gasteiger partial charge < -0.3 is 10.1 Å². The van der Waals surface area contributed by atoms with E-state index in [0.717, 1.165) is 12.4 Å². The van der Waals surface area contributed by atoms with E-state index in [0.29, 0.717) is 0 Å². The summed E-state index contributed by atoms with van der Waals surface area (Å²) in [5, 5.41) is 7.78. The number of hydrogen-bond acceptors (Lipinski definition) is 4. The van der Waals surface area contributed by atoms with Crippen LogP contribution >= 0.6 is 0 Å². The molecule has 5 nitrogen and oxygen atoms in total. The van der Waals surface area contributed by atoms with E-state index in [4.69, 9.17) is 4.74 Å². The molecule has 0 fully saturated rings. The molecule has 1 aromatic heterocycles. The molecule has 1 heterocycles. The van der Waals surface area contributed by atoms with Crippen molar-refractivity contribution in [2.24, 2.45) is 7.05 Å². The molecule has 0 aliphatic rings. The zero-order chi connectivity index (χ0) is 15.2. The lowest BCUT2D eigenvalue weighted by Gasteiger charge is -2.23. The van der Waals surface area contributed by atoms with Gasteiger partial charge in [0, 0.05) is 13.6 Å². The maximum absolute atomic E-state index is 6.02. The third-order valence-electron chi connectivity index (χ3n) is 3.22. The van der Waals surface area contributed by atoms with Crippen LogP contribution in [0.1, 0.15) is 44.3 Å². The quantitative estimate of drug-likeness (QED) is 0.851. The summed E-state index contributed by atoms with van der Waals surface area (Å²) in [4.78, 5) is 4.28. The van der Waals surface area contributed by atoms with Crippen LogP contribution in [0.15, 0.2) is 36.7 Å². The molecule has 0 saturated carbocycles. The molecule has 1 aromatic carbocycles. The Kier molecular flexibility index (Phi) is 5.47. The number of hydrogen-bond donors (Lipinski definition) is 1. The molecule has 5 heteroatoms. The highest BCUT2D eigenvalue weighted by molar-refractivity contribution is 5.18. The Hall–Kier alpha value is -1.72. The Morgan fingerprint density at radius 3 is 2.48 bits per heavy atom. The maximum atomic E-state index is 6.02. The van der Waals surface area contributed by atoms with E-state index >= 15 is 0 Å². The number of rotatable bonds is 7. The van der Waals surface area contributed by atoms with Crippen LogP contribution < -0.4 is 5.32 Å². The summed E-state index contributed by atoms with van der Waals surface area (Å²) >= 11 is 0. The summed E-state index contributed by atoms with van der Waals surface area (Å²) < 4.78 is 7.73. The van der Waals surface area contributed by atoms with Crippen LogP contribution in [-0.4, -0.2) is 27.4 Å². The van der Waals surface area contributed by atoms with Crippen LogP contribution in [0, 0.1) is 0 Å². The Bertz CT molecular complexity index is 538. The van der Waals surface area contributed by atoms with Crippen LogP contribution in [0.4, 0.5) is 0 Å². The van der Waals surface area contributed by atoms with Crippen molar-refractivity contribution in [3.05, 3.63) is 48.0 Å². The van der Waals surface area contributed by atoms with Gasteiger partial charge in [0.25, 0.3) is 0 Å². The van der Waals surface area contributed by atoms with Crippen molar-refractivity contribution >= 4 is 0 Å². The molecule has 0 spiro atoms. The minimum atomic E-state index is 0.0253. The molecule has 0 saturated heterocycles. The van der Waals surface area contributed by atoms with Gasteiger partial charge in [-0.15, -0.1) is 0 Å². The Morgan fingerprint density at radius 2 is 1.90 bits per heavy atom. The fourth-order valence-corrected chi connectivity index (χ4v) is 2.17. The number of nitrogens with one attached hydrogen (secondary N) is 1. The van der Waals surface area contributed by atoms with Crippen LogP contribution in [-0.2, 0) is 11.8 Å². The second-order valence-corrected chi connectivity index (χ2v) is 5.49. The Labute approximate surface area is 126 Å². The molecule has 114 valence electrons. The summed E-state index contributed by atoms with van der Waals surface area (Å²) in [7, 11) is 1.87. The fourth-order valence-electron chi connectivity index (χ4n) is 2.17. The van der Waals surface area contributed by atoms with Gasteiger partial charge in [-0.2, -0.15) is 5.10 Å². The highest BCUT2D eigenvalue weighted by Gasteiger charge is 2.16. The van der Waals surface area contributed by atoms with Gasteiger partial charge >= 0.3 is 0 Å². The minimum absolute atomic E-state index is 0.0253. The largest absolute Gasteiger partial charge is 0.370 e. The van der Waals surface area contributed by atoms with E-state index in [1.807, 2.05) is 25.2 Å². The molecule has 0 aliphatic heterocycles. The predicted molar refractivity (Wildman–Crippen MR) is 82.8 cm³/mol. The highest BCUT2D eigenvalue weighted by Crippen LogP contribution is 2.19. The first-order valence-corrected chi connectivity index (χ1v) is 7.35. The first kappa shape index (κ1) is 15.7. The minimum Gasteiger partial charge on any atom is -0.370 e. The molecule has 2 rings (SSSR count).